The molecule has 1 saturated heterocycles. The Bertz CT molecular complexity index is 1230. The Balaban J connectivity index is 1.48. The van der Waals surface area contributed by atoms with E-state index in [1.165, 1.54) is 29.5 Å². The lowest BCUT2D eigenvalue weighted by atomic mass is 10.1. The molecule has 5 rings (SSSR count). The fourth-order valence-corrected chi connectivity index (χ4v) is 4.89. The molecule has 2 aromatic heterocycles. The summed E-state index contributed by atoms with van der Waals surface area (Å²) in [6.07, 6.45) is -2.69. The van der Waals surface area contributed by atoms with Crippen LogP contribution < -0.4 is 10.1 Å². The number of imidazole rings is 1. The van der Waals surface area contributed by atoms with Gasteiger partial charge in [0.15, 0.2) is 5.13 Å². The molecular formula is C21H20F3N5OS. The van der Waals surface area contributed by atoms with Crippen molar-refractivity contribution in [1.29, 1.82) is 0 Å². The quantitative estimate of drug-likeness (QED) is 0.444. The summed E-state index contributed by atoms with van der Waals surface area (Å²) in [5, 5.41) is 3.88. The number of benzene rings is 2. The van der Waals surface area contributed by atoms with Gasteiger partial charge in [-0.25, -0.2) is 9.97 Å². The van der Waals surface area contributed by atoms with Gasteiger partial charge in [-0.2, -0.15) is 0 Å². The first-order valence-corrected chi connectivity index (χ1v) is 10.8. The van der Waals surface area contributed by atoms with Crippen LogP contribution in [0.4, 0.5) is 24.3 Å². The molecular weight excluding hydrogens is 427 g/mol. The maximum atomic E-state index is 12.5. The number of nitrogens with zero attached hydrogens (tertiary/aromatic N) is 4. The number of fused-ring (bicyclic) bond motifs is 2. The second-order valence-corrected chi connectivity index (χ2v) is 8.68. The van der Waals surface area contributed by atoms with E-state index < -0.39 is 6.36 Å². The third-order valence-corrected chi connectivity index (χ3v) is 6.39. The van der Waals surface area contributed by atoms with Gasteiger partial charge in [0, 0.05) is 12.1 Å². The standard InChI is InChI=1S/C21H20F3N5OS/c1-28-10-8-13(9-11-28)29-17-5-3-2-4-15(17)25-19(29)27-20-26-16-7-6-14(12-18(16)31-20)30-21(22,23)24/h2-7,12-13H,8-11H2,1H3,(H,25,26,27). The summed E-state index contributed by atoms with van der Waals surface area (Å²) >= 11 is 1.27. The SMILES string of the molecule is CN1CCC(n2c(Nc3nc4ccc(OC(F)(F)F)cc4s3)nc3ccccc32)CC1. The van der Waals surface area contributed by atoms with Crippen molar-refractivity contribution in [2.24, 2.45) is 0 Å². The molecule has 0 spiro atoms. The Morgan fingerprint density at radius 2 is 1.84 bits per heavy atom. The van der Waals surface area contributed by atoms with E-state index in [1.54, 1.807) is 0 Å². The summed E-state index contributed by atoms with van der Waals surface area (Å²) in [5.74, 6) is 0.440. The topological polar surface area (TPSA) is 55.2 Å². The third kappa shape index (κ3) is 4.17. The van der Waals surface area contributed by atoms with Crippen molar-refractivity contribution >= 4 is 43.7 Å². The van der Waals surface area contributed by atoms with Crippen molar-refractivity contribution < 1.29 is 17.9 Å². The first-order valence-electron chi connectivity index (χ1n) is 9.94. The highest BCUT2D eigenvalue weighted by Crippen LogP contribution is 2.35. The van der Waals surface area contributed by atoms with E-state index in [0.717, 1.165) is 37.0 Å². The number of halogens is 3. The van der Waals surface area contributed by atoms with Crippen LogP contribution in [0.2, 0.25) is 0 Å². The van der Waals surface area contributed by atoms with Gasteiger partial charge in [0.2, 0.25) is 5.95 Å². The predicted molar refractivity (Wildman–Crippen MR) is 115 cm³/mol. The summed E-state index contributed by atoms with van der Waals surface area (Å²) in [6.45, 7) is 2.03. The van der Waals surface area contributed by atoms with Crippen LogP contribution in [-0.2, 0) is 0 Å². The van der Waals surface area contributed by atoms with Gasteiger partial charge < -0.3 is 19.5 Å². The molecule has 10 heteroatoms. The molecule has 4 aromatic rings. The van der Waals surface area contributed by atoms with Gasteiger partial charge >= 0.3 is 6.36 Å². The number of para-hydroxylation sites is 2. The maximum Gasteiger partial charge on any atom is 0.573 e. The van der Waals surface area contributed by atoms with Crippen LogP contribution in [0.1, 0.15) is 18.9 Å². The molecule has 0 bridgehead atoms. The minimum Gasteiger partial charge on any atom is -0.406 e. The highest BCUT2D eigenvalue weighted by atomic mass is 32.1. The molecule has 1 fully saturated rings. The van der Waals surface area contributed by atoms with Crippen molar-refractivity contribution in [3.63, 3.8) is 0 Å². The van der Waals surface area contributed by atoms with Crippen molar-refractivity contribution in [3.8, 4) is 5.75 Å². The molecule has 1 N–H and O–H groups in total. The molecule has 0 aliphatic carbocycles. The number of piperidine rings is 1. The summed E-state index contributed by atoms with van der Waals surface area (Å²) < 4.78 is 44.4. The maximum absolute atomic E-state index is 12.5. The van der Waals surface area contributed by atoms with Gasteiger partial charge in [0.1, 0.15) is 5.75 Å². The number of aromatic nitrogens is 3. The van der Waals surface area contributed by atoms with Gasteiger partial charge in [0.25, 0.3) is 0 Å². The zero-order valence-corrected chi connectivity index (χ0v) is 17.5. The number of hydrogen-bond donors (Lipinski definition) is 1. The van der Waals surface area contributed by atoms with E-state index in [9.17, 15) is 13.2 Å². The largest absolute Gasteiger partial charge is 0.573 e. The van der Waals surface area contributed by atoms with E-state index in [-0.39, 0.29) is 5.75 Å². The molecule has 0 radical (unpaired) electrons. The minimum atomic E-state index is -4.72. The van der Waals surface area contributed by atoms with Gasteiger partial charge in [-0.15, -0.1) is 13.2 Å². The number of thiazole rings is 1. The number of rotatable bonds is 4. The molecule has 1 aliphatic rings. The number of likely N-dealkylation sites (tertiary alicyclic amines) is 1. The molecule has 6 nitrogen and oxygen atoms in total. The highest BCUT2D eigenvalue weighted by Gasteiger charge is 2.31. The van der Waals surface area contributed by atoms with Crippen LogP contribution in [0.5, 0.6) is 5.75 Å². The lowest BCUT2D eigenvalue weighted by molar-refractivity contribution is -0.274. The molecule has 0 atom stereocenters. The van der Waals surface area contributed by atoms with Crippen LogP contribution in [0.3, 0.4) is 0 Å². The molecule has 2 aromatic carbocycles. The summed E-state index contributed by atoms with van der Waals surface area (Å²) in [6, 6.07) is 12.5. The Labute approximate surface area is 180 Å². The lowest BCUT2D eigenvalue weighted by Gasteiger charge is -2.31. The number of hydrogen-bond acceptors (Lipinski definition) is 6. The predicted octanol–water partition coefficient (Wildman–Crippen LogP) is 5.55. The second kappa shape index (κ2) is 7.69. The zero-order chi connectivity index (χ0) is 21.6. The molecule has 0 unspecified atom stereocenters. The fraction of sp³-hybridized carbons (Fsp3) is 0.333. The van der Waals surface area contributed by atoms with Crippen LogP contribution in [0.25, 0.3) is 21.3 Å². The van der Waals surface area contributed by atoms with E-state index in [0.29, 0.717) is 27.3 Å². The molecule has 31 heavy (non-hydrogen) atoms. The first-order chi connectivity index (χ1) is 14.9. The van der Waals surface area contributed by atoms with Crippen molar-refractivity contribution in [3.05, 3.63) is 42.5 Å². The zero-order valence-electron chi connectivity index (χ0n) is 16.7. The summed E-state index contributed by atoms with van der Waals surface area (Å²) in [5.41, 5.74) is 2.55. The Kier molecular flexibility index (Phi) is 4.98. The number of alkyl halides is 3. The van der Waals surface area contributed by atoms with E-state index in [2.05, 4.69) is 37.6 Å². The number of nitrogens with one attached hydrogen (secondary N) is 1. The van der Waals surface area contributed by atoms with Gasteiger partial charge in [-0.1, -0.05) is 23.5 Å². The van der Waals surface area contributed by atoms with Crippen molar-refractivity contribution in [1.82, 2.24) is 19.4 Å². The molecule has 3 heterocycles. The third-order valence-electron chi connectivity index (χ3n) is 5.46. The van der Waals surface area contributed by atoms with Gasteiger partial charge in [0.05, 0.1) is 21.3 Å². The first kappa shape index (κ1) is 20.1. The van der Waals surface area contributed by atoms with Crippen LogP contribution in [0, 0.1) is 0 Å². The summed E-state index contributed by atoms with van der Waals surface area (Å²) in [4.78, 5) is 11.6. The van der Waals surface area contributed by atoms with E-state index in [4.69, 9.17) is 4.98 Å². The molecule has 1 aliphatic heterocycles. The monoisotopic (exact) mass is 447 g/mol. The molecule has 162 valence electrons. The average molecular weight is 447 g/mol. The number of ether oxygens (including phenoxy) is 1. The number of anilines is 2. The summed E-state index contributed by atoms with van der Waals surface area (Å²) in [7, 11) is 2.12. The van der Waals surface area contributed by atoms with Crippen LogP contribution in [-0.4, -0.2) is 45.9 Å². The normalized spacial score (nSPS) is 16.3. The van der Waals surface area contributed by atoms with Gasteiger partial charge in [-0.05, 0) is 57.2 Å². The van der Waals surface area contributed by atoms with Crippen LogP contribution in [0.15, 0.2) is 42.5 Å². The Morgan fingerprint density at radius 1 is 1.06 bits per heavy atom. The van der Waals surface area contributed by atoms with Crippen molar-refractivity contribution in [2.45, 2.75) is 25.2 Å². The van der Waals surface area contributed by atoms with E-state index >= 15 is 0 Å². The second-order valence-electron chi connectivity index (χ2n) is 7.65. The van der Waals surface area contributed by atoms with Gasteiger partial charge in [-0.3, -0.25) is 0 Å². The molecule has 0 amide bonds. The molecule has 0 saturated carbocycles. The Hall–Kier alpha value is -2.85. The van der Waals surface area contributed by atoms with Crippen LogP contribution >= 0.6 is 11.3 Å². The minimum absolute atomic E-state index is 0.256. The van der Waals surface area contributed by atoms with E-state index in [1.807, 2.05) is 18.2 Å². The fourth-order valence-electron chi connectivity index (χ4n) is 4.01. The smallest absolute Gasteiger partial charge is 0.406 e. The highest BCUT2D eigenvalue weighted by molar-refractivity contribution is 7.22. The Morgan fingerprint density at radius 3 is 2.61 bits per heavy atom. The lowest BCUT2D eigenvalue weighted by Crippen LogP contribution is -2.31. The average Bonchev–Trinajstić information content (AvgIpc) is 3.27. The van der Waals surface area contributed by atoms with Crippen molar-refractivity contribution in [2.75, 3.05) is 25.5 Å².